The van der Waals surface area contributed by atoms with Gasteiger partial charge >= 0.3 is 0 Å². The highest BCUT2D eigenvalue weighted by molar-refractivity contribution is 5.58. The number of likely N-dealkylation sites (tertiary alicyclic amines) is 1. The van der Waals surface area contributed by atoms with Crippen LogP contribution in [0.2, 0.25) is 0 Å². The van der Waals surface area contributed by atoms with Gasteiger partial charge in [-0.1, -0.05) is 23.4 Å². The van der Waals surface area contributed by atoms with Crippen LogP contribution >= 0.6 is 0 Å². The van der Waals surface area contributed by atoms with Crippen molar-refractivity contribution in [2.45, 2.75) is 25.1 Å². The molecule has 0 aliphatic carbocycles. The maximum atomic E-state index is 11.1. The number of aliphatic hydroxyl groups excluding tert-OH is 1. The van der Waals surface area contributed by atoms with Gasteiger partial charge in [0.1, 0.15) is 0 Å². The highest BCUT2D eigenvalue weighted by atomic mass is 16.8. The molecule has 3 N–H and O–H groups in total. The summed E-state index contributed by atoms with van der Waals surface area (Å²) in [5.74, 6) is 0.727. The molecule has 1 aliphatic rings. The van der Waals surface area contributed by atoms with Crippen LogP contribution in [0.1, 0.15) is 24.0 Å². The van der Waals surface area contributed by atoms with Crippen LogP contribution in [-0.2, 0) is 6.54 Å². The van der Waals surface area contributed by atoms with Crippen LogP contribution in [0, 0.1) is 5.21 Å². The third-order valence-corrected chi connectivity index (χ3v) is 4.57. The Labute approximate surface area is 155 Å². The highest BCUT2D eigenvalue weighted by Gasteiger charge is 2.36. The summed E-state index contributed by atoms with van der Waals surface area (Å²) in [7, 11) is 0. The van der Waals surface area contributed by atoms with E-state index < -0.39 is 11.3 Å². The van der Waals surface area contributed by atoms with E-state index in [9.17, 15) is 10.3 Å². The van der Waals surface area contributed by atoms with E-state index >= 15 is 0 Å². The molecule has 140 valence electrons. The predicted octanol–water partition coefficient (Wildman–Crippen LogP) is 0.843. The number of hydrogen-bond donors (Lipinski definition) is 3. The Morgan fingerprint density at radius 1 is 1.26 bits per heavy atom. The number of β-amino-alcohol motifs (C(OH)–C–C–N with tert-alkyl or cyclic N) is 1. The van der Waals surface area contributed by atoms with Crippen molar-refractivity contribution < 1.29 is 20.1 Å². The Morgan fingerprint density at radius 3 is 2.93 bits per heavy atom. The quantitative estimate of drug-likeness (QED) is 0.566. The van der Waals surface area contributed by atoms with E-state index in [2.05, 4.69) is 20.0 Å². The largest absolute Gasteiger partial charge is 0.595 e. The van der Waals surface area contributed by atoms with Gasteiger partial charge in [-0.15, -0.1) is 0 Å². The Balaban J connectivity index is 1.57. The number of aliphatic hydroxyl groups is 1. The normalized spacial score (nSPS) is 21.4. The molecule has 0 amide bonds. The molecule has 27 heavy (non-hydrogen) atoms. The fourth-order valence-electron chi connectivity index (χ4n) is 3.29. The number of benzene rings is 1. The van der Waals surface area contributed by atoms with Gasteiger partial charge in [-0.2, -0.15) is 10.2 Å². The van der Waals surface area contributed by atoms with Crippen molar-refractivity contribution in [3.63, 3.8) is 0 Å². The minimum absolute atomic E-state index is 0.159. The first kappa shape index (κ1) is 17.7. The average Bonchev–Trinajstić information content (AvgIpc) is 3.29. The second kappa shape index (κ2) is 7.51. The number of rotatable bonds is 5. The van der Waals surface area contributed by atoms with Gasteiger partial charge in [-0.3, -0.25) is 9.88 Å². The summed E-state index contributed by atoms with van der Waals surface area (Å²) < 4.78 is 5.44. The predicted molar refractivity (Wildman–Crippen MR) is 93.5 cm³/mol. The van der Waals surface area contributed by atoms with Crippen molar-refractivity contribution >= 4 is 5.69 Å². The molecule has 4 rings (SSSR count). The van der Waals surface area contributed by atoms with Crippen molar-refractivity contribution in [1.29, 1.82) is 0 Å². The van der Waals surface area contributed by atoms with Crippen molar-refractivity contribution in [2.75, 3.05) is 6.54 Å². The molecule has 3 atom stereocenters. The van der Waals surface area contributed by atoms with E-state index in [1.807, 2.05) is 18.2 Å². The molecular formula is C18H19N5O4. The highest BCUT2D eigenvalue weighted by Crippen LogP contribution is 2.33. The number of quaternary nitrogens is 1. The minimum atomic E-state index is -1.01. The third-order valence-electron chi connectivity index (χ3n) is 4.57. The molecule has 9 nitrogen and oxygen atoms in total. The number of aromatic nitrogens is 3. The first-order chi connectivity index (χ1) is 13.1. The SMILES string of the molecule is [O-][NH+](O)c1cccc(-c2noc([C@@H]3C[C@@H](O)CN3Cc3ccccn3)n2)c1. The summed E-state index contributed by atoms with van der Waals surface area (Å²) in [6.45, 7) is 1.06. The maximum absolute atomic E-state index is 11.1. The van der Waals surface area contributed by atoms with Crippen LogP contribution in [0.5, 0.6) is 0 Å². The summed E-state index contributed by atoms with van der Waals surface area (Å²) in [5, 5.41) is 33.4. The average molecular weight is 369 g/mol. The number of nitrogens with zero attached hydrogens (tertiary/aromatic N) is 4. The number of nitrogens with one attached hydrogen (secondary N) is 1. The van der Waals surface area contributed by atoms with Crippen LogP contribution in [-0.4, -0.2) is 43.0 Å². The Bertz CT molecular complexity index is 902. The van der Waals surface area contributed by atoms with E-state index in [1.54, 1.807) is 18.3 Å². The van der Waals surface area contributed by atoms with Gasteiger partial charge in [0.25, 0.3) is 0 Å². The Kier molecular flexibility index (Phi) is 4.92. The molecule has 3 aromatic rings. The van der Waals surface area contributed by atoms with Crippen LogP contribution in [0.15, 0.2) is 53.2 Å². The smallest absolute Gasteiger partial charge is 0.244 e. The van der Waals surface area contributed by atoms with Gasteiger partial charge < -0.3 is 14.8 Å². The second-order valence-electron chi connectivity index (χ2n) is 6.50. The fraction of sp³-hybridized carbons (Fsp3) is 0.278. The molecule has 3 heterocycles. The van der Waals surface area contributed by atoms with Crippen molar-refractivity contribution in [1.82, 2.24) is 20.0 Å². The molecule has 9 heteroatoms. The van der Waals surface area contributed by atoms with Gasteiger partial charge in [-0.25, -0.2) is 5.21 Å². The second-order valence-corrected chi connectivity index (χ2v) is 6.50. The van der Waals surface area contributed by atoms with Crippen molar-refractivity contribution in [3.05, 3.63) is 65.5 Å². The van der Waals surface area contributed by atoms with Gasteiger partial charge in [0.05, 0.1) is 17.8 Å². The van der Waals surface area contributed by atoms with E-state index in [0.717, 1.165) is 5.69 Å². The molecule has 1 aromatic carbocycles. The summed E-state index contributed by atoms with van der Waals surface area (Å²) in [6.07, 6.45) is 1.74. The van der Waals surface area contributed by atoms with E-state index in [4.69, 9.17) is 9.73 Å². The van der Waals surface area contributed by atoms with Crippen molar-refractivity contribution in [3.8, 4) is 11.4 Å². The standard InChI is InChI=1S/C18H19N5O4/c24-15-9-16(22(11-15)10-13-5-1-2-7-19-13)18-20-17(21-27-18)12-4-3-6-14(8-12)23(25)26/h1-8,15-16,23-25H,9-11H2/t15-,16+/m1/s1. The van der Waals surface area contributed by atoms with E-state index in [-0.39, 0.29) is 11.7 Å². The number of hydrogen-bond acceptors (Lipinski definition) is 8. The lowest BCUT2D eigenvalue weighted by atomic mass is 10.2. The summed E-state index contributed by atoms with van der Waals surface area (Å²) in [6, 6.07) is 11.9. The zero-order chi connectivity index (χ0) is 18.8. The molecule has 1 saturated heterocycles. The lowest BCUT2D eigenvalue weighted by Gasteiger charge is -2.20. The molecule has 1 unspecified atom stereocenters. The summed E-state index contributed by atoms with van der Waals surface area (Å²) >= 11 is 0. The van der Waals surface area contributed by atoms with Crippen LogP contribution < -0.4 is 5.23 Å². The summed E-state index contributed by atoms with van der Waals surface area (Å²) in [4.78, 5) is 10.8. The first-order valence-electron chi connectivity index (χ1n) is 8.59. The van der Waals surface area contributed by atoms with E-state index in [0.29, 0.717) is 36.8 Å². The van der Waals surface area contributed by atoms with Crippen LogP contribution in [0.3, 0.4) is 0 Å². The van der Waals surface area contributed by atoms with E-state index in [1.165, 1.54) is 12.1 Å². The first-order valence-corrected chi connectivity index (χ1v) is 8.59. The van der Waals surface area contributed by atoms with Gasteiger partial charge in [0.2, 0.25) is 11.7 Å². The fourth-order valence-corrected chi connectivity index (χ4v) is 3.29. The Hall–Kier alpha value is -2.69. The zero-order valence-electron chi connectivity index (χ0n) is 14.4. The molecule has 1 aliphatic heterocycles. The van der Waals surface area contributed by atoms with Crippen LogP contribution in [0.4, 0.5) is 5.69 Å². The minimum Gasteiger partial charge on any atom is -0.595 e. The Morgan fingerprint density at radius 2 is 2.15 bits per heavy atom. The monoisotopic (exact) mass is 369 g/mol. The zero-order valence-corrected chi connectivity index (χ0v) is 14.4. The molecule has 0 bridgehead atoms. The van der Waals surface area contributed by atoms with Gasteiger partial charge in [-0.05, 0) is 18.6 Å². The molecule has 1 fully saturated rings. The van der Waals surface area contributed by atoms with Crippen LogP contribution in [0.25, 0.3) is 11.4 Å². The molecule has 0 saturated carbocycles. The maximum Gasteiger partial charge on any atom is 0.244 e. The molecular weight excluding hydrogens is 350 g/mol. The molecule has 2 aromatic heterocycles. The number of pyridine rings is 1. The lowest BCUT2D eigenvalue weighted by Crippen LogP contribution is -2.99. The lowest BCUT2D eigenvalue weighted by molar-refractivity contribution is -0.991. The third kappa shape index (κ3) is 3.87. The van der Waals surface area contributed by atoms with Crippen molar-refractivity contribution in [2.24, 2.45) is 0 Å². The molecule has 0 spiro atoms. The van der Waals surface area contributed by atoms with Gasteiger partial charge in [0.15, 0.2) is 5.69 Å². The molecule has 0 radical (unpaired) electrons. The topological polar surface area (TPSA) is 123 Å². The summed E-state index contributed by atoms with van der Waals surface area (Å²) in [5.41, 5.74) is 1.62. The van der Waals surface area contributed by atoms with Gasteiger partial charge in [0, 0.05) is 37.0 Å².